The largest absolute Gasteiger partial charge is 0.382 e. The van der Waals surface area contributed by atoms with Crippen LogP contribution in [0.2, 0.25) is 0 Å². The maximum atomic E-state index is 11.8. The SMILES string of the molecule is CCCS(=O)(=O)c1c(N)nsc1SC. The van der Waals surface area contributed by atoms with Crippen molar-refractivity contribution in [3.8, 4) is 0 Å². The number of hydrogen-bond acceptors (Lipinski definition) is 6. The molecule has 0 aliphatic carbocycles. The number of nitrogen functional groups attached to an aromatic ring is 1. The Kier molecular flexibility index (Phi) is 3.79. The number of rotatable bonds is 4. The van der Waals surface area contributed by atoms with Gasteiger partial charge < -0.3 is 5.73 Å². The highest BCUT2D eigenvalue weighted by Gasteiger charge is 2.23. The summed E-state index contributed by atoms with van der Waals surface area (Å²) in [5.74, 6) is 0.260. The fourth-order valence-electron chi connectivity index (χ4n) is 1.07. The van der Waals surface area contributed by atoms with Crippen molar-refractivity contribution >= 4 is 38.9 Å². The molecule has 1 aromatic rings. The van der Waals surface area contributed by atoms with Gasteiger partial charge in [0.05, 0.1) is 5.75 Å². The van der Waals surface area contributed by atoms with E-state index in [2.05, 4.69) is 4.37 Å². The van der Waals surface area contributed by atoms with Crippen LogP contribution in [0, 0.1) is 0 Å². The molecule has 0 spiro atoms. The van der Waals surface area contributed by atoms with E-state index in [-0.39, 0.29) is 16.5 Å². The molecular formula is C7H12N2O2S3. The minimum atomic E-state index is -3.24. The Balaban J connectivity index is 3.23. The number of aromatic nitrogens is 1. The quantitative estimate of drug-likeness (QED) is 0.825. The summed E-state index contributed by atoms with van der Waals surface area (Å²) < 4.78 is 28.1. The van der Waals surface area contributed by atoms with Crippen LogP contribution in [0.3, 0.4) is 0 Å². The zero-order valence-electron chi connectivity index (χ0n) is 7.98. The molecule has 7 heteroatoms. The molecule has 1 aromatic heterocycles. The summed E-state index contributed by atoms with van der Waals surface area (Å²) in [6.45, 7) is 1.83. The van der Waals surface area contributed by atoms with Gasteiger partial charge in [-0.05, 0) is 24.2 Å². The maximum absolute atomic E-state index is 11.8. The molecule has 0 aliphatic rings. The third-order valence-corrected chi connectivity index (χ3v) is 5.81. The number of sulfone groups is 1. The summed E-state index contributed by atoms with van der Waals surface area (Å²) in [6, 6.07) is 0. The van der Waals surface area contributed by atoms with Crippen LogP contribution in [-0.2, 0) is 9.84 Å². The van der Waals surface area contributed by atoms with E-state index in [1.807, 2.05) is 13.2 Å². The molecule has 0 bridgehead atoms. The lowest BCUT2D eigenvalue weighted by atomic mass is 10.6. The molecule has 0 unspecified atom stereocenters. The van der Waals surface area contributed by atoms with Crippen LogP contribution in [0.4, 0.5) is 5.82 Å². The first-order valence-corrected chi connectivity index (χ1v) is 7.69. The molecule has 0 saturated heterocycles. The van der Waals surface area contributed by atoms with Gasteiger partial charge >= 0.3 is 0 Å². The van der Waals surface area contributed by atoms with Gasteiger partial charge in [-0.15, -0.1) is 11.8 Å². The van der Waals surface area contributed by atoms with Crippen molar-refractivity contribution in [1.82, 2.24) is 4.37 Å². The molecule has 0 atom stereocenters. The second-order valence-corrected chi connectivity index (χ2v) is 6.60. The highest BCUT2D eigenvalue weighted by molar-refractivity contribution is 8.01. The van der Waals surface area contributed by atoms with E-state index in [0.29, 0.717) is 10.6 Å². The van der Waals surface area contributed by atoms with Gasteiger partial charge in [0.2, 0.25) is 0 Å². The van der Waals surface area contributed by atoms with E-state index >= 15 is 0 Å². The Labute approximate surface area is 92.0 Å². The molecule has 2 N–H and O–H groups in total. The third kappa shape index (κ3) is 2.21. The van der Waals surface area contributed by atoms with Crippen LogP contribution in [-0.4, -0.2) is 24.8 Å². The minimum Gasteiger partial charge on any atom is -0.382 e. The van der Waals surface area contributed by atoms with Gasteiger partial charge in [-0.1, -0.05) is 6.92 Å². The standard InChI is InChI=1S/C7H12N2O2S3/c1-3-4-14(10,11)5-6(8)9-13-7(5)12-2/h3-4H2,1-2H3,(H2,8,9). The summed E-state index contributed by atoms with van der Waals surface area (Å²) in [5, 5.41) is 0. The molecule has 80 valence electrons. The van der Waals surface area contributed by atoms with Crippen LogP contribution in [0.25, 0.3) is 0 Å². The average molecular weight is 252 g/mol. The van der Waals surface area contributed by atoms with Gasteiger partial charge in [0.25, 0.3) is 0 Å². The number of nitrogens with two attached hydrogens (primary N) is 1. The zero-order valence-corrected chi connectivity index (χ0v) is 10.4. The predicted octanol–water partition coefficient (Wildman–Crippen LogP) is 1.63. The number of thioether (sulfide) groups is 1. The molecule has 1 rings (SSSR count). The average Bonchev–Trinajstić information content (AvgIpc) is 2.47. The summed E-state index contributed by atoms with van der Waals surface area (Å²) in [7, 11) is -3.24. The van der Waals surface area contributed by atoms with E-state index in [4.69, 9.17) is 5.73 Å². The highest BCUT2D eigenvalue weighted by Crippen LogP contribution is 2.34. The predicted molar refractivity (Wildman–Crippen MR) is 60.7 cm³/mol. The summed E-state index contributed by atoms with van der Waals surface area (Å²) >= 11 is 2.50. The van der Waals surface area contributed by atoms with Gasteiger partial charge in [0, 0.05) is 0 Å². The van der Waals surface area contributed by atoms with Crippen LogP contribution in [0.1, 0.15) is 13.3 Å². The van der Waals surface area contributed by atoms with Gasteiger partial charge in [-0.25, -0.2) is 8.42 Å². The smallest absolute Gasteiger partial charge is 0.184 e. The molecule has 0 aromatic carbocycles. The van der Waals surface area contributed by atoms with Gasteiger partial charge in [-0.2, -0.15) is 4.37 Å². The summed E-state index contributed by atoms with van der Waals surface area (Å²) in [4.78, 5) is 0.219. The topological polar surface area (TPSA) is 73.0 Å². The molecule has 0 aliphatic heterocycles. The van der Waals surface area contributed by atoms with Crippen LogP contribution < -0.4 is 5.73 Å². The van der Waals surface area contributed by atoms with Gasteiger partial charge in [0.15, 0.2) is 15.7 Å². The highest BCUT2D eigenvalue weighted by atomic mass is 32.2. The Morgan fingerprint density at radius 2 is 2.21 bits per heavy atom. The van der Waals surface area contributed by atoms with E-state index < -0.39 is 9.84 Å². The van der Waals surface area contributed by atoms with Crippen molar-refractivity contribution < 1.29 is 8.42 Å². The van der Waals surface area contributed by atoms with Crippen molar-refractivity contribution in [2.45, 2.75) is 22.4 Å². The number of hydrogen-bond donors (Lipinski definition) is 1. The monoisotopic (exact) mass is 252 g/mol. The fraction of sp³-hybridized carbons (Fsp3) is 0.571. The van der Waals surface area contributed by atoms with Crippen molar-refractivity contribution in [3.05, 3.63) is 0 Å². The fourth-order valence-corrected chi connectivity index (χ4v) is 4.77. The van der Waals surface area contributed by atoms with Gasteiger partial charge in [-0.3, -0.25) is 0 Å². The van der Waals surface area contributed by atoms with E-state index in [9.17, 15) is 8.42 Å². The first-order valence-electron chi connectivity index (χ1n) is 4.04. The second-order valence-electron chi connectivity index (χ2n) is 2.71. The first kappa shape index (κ1) is 11.8. The molecule has 1 heterocycles. The van der Waals surface area contributed by atoms with Crippen LogP contribution >= 0.6 is 23.3 Å². The minimum absolute atomic E-state index is 0.128. The van der Waals surface area contributed by atoms with Crippen molar-refractivity contribution in [3.63, 3.8) is 0 Å². The lowest BCUT2D eigenvalue weighted by molar-refractivity contribution is 0.594. The Morgan fingerprint density at radius 3 is 2.71 bits per heavy atom. The summed E-state index contributed by atoms with van der Waals surface area (Å²) in [6.07, 6.45) is 2.41. The van der Waals surface area contributed by atoms with E-state index in [0.717, 1.165) is 11.5 Å². The normalized spacial score (nSPS) is 11.9. The Hall–Kier alpha value is -0.270. The molecule has 0 radical (unpaired) electrons. The molecular weight excluding hydrogens is 240 g/mol. The lowest BCUT2D eigenvalue weighted by Gasteiger charge is -2.02. The molecule has 14 heavy (non-hydrogen) atoms. The molecule has 0 saturated carbocycles. The van der Waals surface area contributed by atoms with Gasteiger partial charge in [0.1, 0.15) is 9.10 Å². The van der Waals surface area contributed by atoms with Crippen molar-refractivity contribution in [1.29, 1.82) is 0 Å². The first-order chi connectivity index (χ1) is 6.53. The van der Waals surface area contributed by atoms with Crippen LogP contribution in [0.5, 0.6) is 0 Å². The number of anilines is 1. The molecule has 4 nitrogen and oxygen atoms in total. The lowest BCUT2D eigenvalue weighted by Crippen LogP contribution is -2.08. The molecule has 0 amide bonds. The third-order valence-electron chi connectivity index (χ3n) is 1.61. The van der Waals surface area contributed by atoms with Crippen molar-refractivity contribution in [2.24, 2.45) is 0 Å². The summed E-state index contributed by atoms with van der Waals surface area (Å²) in [5.41, 5.74) is 5.54. The Morgan fingerprint density at radius 1 is 1.57 bits per heavy atom. The zero-order chi connectivity index (χ0) is 10.8. The maximum Gasteiger partial charge on any atom is 0.184 e. The molecule has 0 fully saturated rings. The van der Waals surface area contributed by atoms with E-state index in [1.54, 1.807) is 0 Å². The van der Waals surface area contributed by atoms with Crippen molar-refractivity contribution in [2.75, 3.05) is 17.7 Å². The number of nitrogens with zero attached hydrogens (tertiary/aromatic N) is 1. The van der Waals surface area contributed by atoms with E-state index in [1.165, 1.54) is 11.8 Å². The Bertz CT molecular complexity index is 411. The second kappa shape index (κ2) is 4.50. The van der Waals surface area contributed by atoms with Crippen LogP contribution in [0.15, 0.2) is 9.10 Å².